The van der Waals surface area contributed by atoms with E-state index < -0.39 is 0 Å². The van der Waals surface area contributed by atoms with Crippen molar-refractivity contribution in [2.24, 2.45) is 11.7 Å². The number of hydrogen-bond donors (Lipinski definition) is 2. The van der Waals surface area contributed by atoms with Crippen LogP contribution in [0.3, 0.4) is 0 Å². The molecule has 0 amide bonds. The van der Waals surface area contributed by atoms with Crippen molar-refractivity contribution >= 4 is 11.5 Å². The number of para-hydroxylation sites is 1. The molecule has 0 saturated carbocycles. The highest BCUT2D eigenvalue weighted by Gasteiger charge is 2.19. The highest BCUT2D eigenvalue weighted by atomic mass is 15.3. The molecular formula is C15H24N4. The third-order valence-electron chi connectivity index (χ3n) is 3.53. The van der Waals surface area contributed by atoms with E-state index in [2.05, 4.69) is 29.7 Å². The van der Waals surface area contributed by atoms with Gasteiger partial charge in [0.15, 0.2) is 0 Å². The van der Waals surface area contributed by atoms with Crippen LogP contribution < -0.4 is 10.6 Å². The van der Waals surface area contributed by atoms with Crippen LogP contribution in [-0.2, 0) is 0 Å². The zero-order chi connectivity index (χ0) is 13.8. The van der Waals surface area contributed by atoms with Crippen LogP contribution in [0.5, 0.6) is 0 Å². The second-order valence-corrected chi connectivity index (χ2v) is 5.61. The molecule has 3 N–H and O–H groups in total. The van der Waals surface area contributed by atoms with E-state index in [1.165, 1.54) is 6.54 Å². The number of nitrogen functional groups attached to an aromatic ring is 1. The Labute approximate surface area is 115 Å². The van der Waals surface area contributed by atoms with Gasteiger partial charge in [0.25, 0.3) is 0 Å². The smallest absolute Gasteiger partial charge is 0.124 e. The predicted octanol–water partition coefficient (Wildman–Crippen LogP) is 1.75. The number of nitrogens with two attached hydrogens (primary N) is 1. The van der Waals surface area contributed by atoms with Crippen LogP contribution in [0.1, 0.15) is 19.4 Å². The molecule has 0 radical (unpaired) electrons. The van der Waals surface area contributed by atoms with Gasteiger partial charge in [-0.15, -0.1) is 0 Å². The molecule has 104 valence electrons. The normalized spacial score (nSPS) is 16.9. The second kappa shape index (κ2) is 6.06. The summed E-state index contributed by atoms with van der Waals surface area (Å²) < 4.78 is 0. The molecule has 0 unspecified atom stereocenters. The summed E-state index contributed by atoms with van der Waals surface area (Å²) in [5.41, 5.74) is 7.60. The van der Waals surface area contributed by atoms with Crippen molar-refractivity contribution in [1.82, 2.24) is 4.90 Å². The molecule has 1 aromatic rings. The molecule has 0 spiro atoms. The zero-order valence-corrected chi connectivity index (χ0v) is 11.9. The van der Waals surface area contributed by atoms with Gasteiger partial charge in [0.05, 0.1) is 0 Å². The molecule has 1 aromatic carbocycles. The van der Waals surface area contributed by atoms with Crippen LogP contribution in [0.4, 0.5) is 5.69 Å². The van der Waals surface area contributed by atoms with Crippen molar-refractivity contribution in [3.8, 4) is 0 Å². The third-order valence-corrected chi connectivity index (χ3v) is 3.53. The fourth-order valence-electron chi connectivity index (χ4n) is 2.66. The quantitative estimate of drug-likeness (QED) is 0.640. The Morgan fingerprint density at radius 3 is 2.42 bits per heavy atom. The number of piperazine rings is 1. The van der Waals surface area contributed by atoms with Gasteiger partial charge in [-0.25, -0.2) is 0 Å². The average Bonchev–Trinajstić information content (AvgIpc) is 2.39. The lowest BCUT2D eigenvalue weighted by molar-refractivity contribution is 0.231. The van der Waals surface area contributed by atoms with E-state index >= 15 is 0 Å². The second-order valence-electron chi connectivity index (χ2n) is 5.61. The third kappa shape index (κ3) is 3.47. The Kier molecular flexibility index (Phi) is 4.43. The van der Waals surface area contributed by atoms with E-state index in [0.29, 0.717) is 0 Å². The lowest BCUT2D eigenvalue weighted by Gasteiger charge is -2.37. The first kappa shape index (κ1) is 13.9. The molecule has 4 nitrogen and oxygen atoms in total. The first-order chi connectivity index (χ1) is 9.08. The predicted molar refractivity (Wildman–Crippen MR) is 80.9 cm³/mol. The summed E-state index contributed by atoms with van der Waals surface area (Å²) in [4.78, 5) is 4.85. The Morgan fingerprint density at radius 1 is 1.21 bits per heavy atom. The summed E-state index contributed by atoms with van der Waals surface area (Å²) in [6, 6.07) is 7.95. The zero-order valence-electron chi connectivity index (χ0n) is 11.9. The topological polar surface area (TPSA) is 56.4 Å². The minimum Gasteiger partial charge on any atom is -0.384 e. The van der Waals surface area contributed by atoms with Crippen LogP contribution in [0.25, 0.3) is 0 Å². The van der Waals surface area contributed by atoms with Gasteiger partial charge < -0.3 is 10.6 Å². The minimum atomic E-state index is 0.153. The molecule has 4 heteroatoms. The maximum Gasteiger partial charge on any atom is 0.124 e. The largest absolute Gasteiger partial charge is 0.384 e. The molecule has 19 heavy (non-hydrogen) atoms. The van der Waals surface area contributed by atoms with Gasteiger partial charge in [0.2, 0.25) is 0 Å². The van der Waals surface area contributed by atoms with Crippen molar-refractivity contribution in [2.45, 2.75) is 13.8 Å². The number of anilines is 1. The Bertz CT molecular complexity index is 434. The van der Waals surface area contributed by atoms with Crippen LogP contribution in [0.15, 0.2) is 24.3 Å². The molecule has 2 rings (SSSR count). The van der Waals surface area contributed by atoms with Gasteiger partial charge in [-0.3, -0.25) is 10.3 Å². The van der Waals surface area contributed by atoms with Crippen LogP contribution in [0, 0.1) is 11.3 Å². The lowest BCUT2D eigenvalue weighted by Crippen LogP contribution is -2.47. The van der Waals surface area contributed by atoms with Gasteiger partial charge in [-0.05, 0) is 18.1 Å². The fraction of sp³-hybridized carbons (Fsp3) is 0.533. The first-order valence-electron chi connectivity index (χ1n) is 6.98. The van der Waals surface area contributed by atoms with Crippen molar-refractivity contribution in [3.05, 3.63) is 29.8 Å². The molecule has 0 atom stereocenters. The van der Waals surface area contributed by atoms with Gasteiger partial charge in [0.1, 0.15) is 5.84 Å². The number of rotatable bonds is 4. The van der Waals surface area contributed by atoms with E-state index in [0.717, 1.165) is 43.3 Å². The number of amidine groups is 1. The van der Waals surface area contributed by atoms with Crippen LogP contribution in [0.2, 0.25) is 0 Å². The number of hydrogen-bond acceptors (Lipinski definition) is 3. The minimum absolute atomic E-state index is 0.153. The van der Waals surface area contributed by atoms with Crippen molar-refractivity contribution in [1.29, 1.82) is 5.41 Å². The monoisotopic (exact) mass is 260 g/mol. The molecule has 1 saturated heterocycles. The maximum atomic E-state index is 7.67. The number of benzene rings is 1. The highest BCUT2D eigenvalue weighted by molar-refractivity contribution is 6.00. The number of nitrogens with one attached hydrogen (secondary N) is 1. The molecule has 1 fully saturated rings. The lowest BCUT2D eigenvalue weighted by atomic mass is 10.1. The van der Waals surface area contributed by atoms with Crippen LogP contribution in [-0.4, -0.2) is 43.5 Å². The molecule has 1 aliphatic heterocycles. The summed E-state index contributed by atoms with van der Waals surface area (Å²) in [5.74, 6) is 0.872. The summed E-state index contributed by atoms with van der Waals surface area (Å²) in [5, 5.41) is 7.67. The standard InChI is InChI=1S/C15H24N4/c1-12(2)11-18-7-9-19(10-8-18)14-6-4-3-5-13(14)15(16)17/h3-6,12H,7-11H2,1-2H3,(H3,16,17). The van der Waals surface area contributed by atoms with Gasteiger partial charge in [-0.1, -0.05) is 26.0 Å². The van der Waals surface area contributed by atoms with E-state index in [4.69, 9.17) is 11.1 Å². The van der Waals surface area contributed by atoms with Crippen molar-refractivity contribution in [2.75, 3.05) is 37.6 Å². The van der Waals surface area contributed by atoms with E-state index in [1.54, 1.807) is 0 Å². The molecule has 0 bridgehead atoms. The molecule has 1 aliphatic rings. The van der Waals surface area contributed by atoms with E-state index in [1.807, 2.05) is 18.2 Å². The molecule has 1 heterocycles. The SMILES string of the molecule is CC(C)CN1CCN(c2ccccc2C(=N)N)CC1. The molecule has 0 aliphatic carbocycles. The molecule has 0 aromatic heterocycles. The Balaban J connectivity index is 2.04. The van der Waals surface area contributed by atoms with E-state index in [9.17, 15) is 0 Å². The summed E-state index contributed by atoms with van der Waals surface area (Å²) in [6.45, 7) is 9.89. The van der Waals surface area contributed by atoms with Gasteiger partial charge in [-0.2, -0.15) is 0 Å². The first-order valence-corrected chi connectivity index (χ1v) is 6.98. The van der Waals surface area contributed by atoms with Crippen molar-refractivity contribution < 1.29 is 0 Å². The summed E-state index contributed by atoms with van der Waals surface area (Å²) >= 11 is 0. The Hall–Kier alpha value is -1.55. The highest BCUT2D eigenvalue weighted by Crippen LogP contribution is 2.21. The molecular weight excluding hydrogens is 236 g/mol. The Morgan fingerprint density at radius 2 is 1.84 bits per heavy atom. The summed E-state index contributed by atoms with van der Waals surface area (Å²) in [7, 11) is 0. The summed E-state index contributed by atoms with van der Waals surface area (Å²) in [6.07, 6.45) is 0. The van der Waals surface area contributed by atoms with Crippen molar-refractivity contribution in [3.63, 3.8) is 0 Å². The average molecular weight is 260 g/mol. The van der Waals surface area contributed by atoms with Gasteiger partial charge in [0, 0.05) is 44.0 Å². The fourth-order valence-corrected chi connectivity index (χ4v) is 2.66. The number of nitrogens with zero attached hydrogens (tertiary/aromatic N) is 2. The van der Waals surface area contributed by atoms with Gasteiger partial charge >= 0.3 is 0 Å². The van der Waals surface area contributed by atoms with Crippen LogP contribution >= 0.6 is 0 Å². The maximum absolute atomic E-state index is 7.67. The van der Waals surface area contributed by atoms with E-state index in [-0.39, 0.29) is 5.84 Å².